The Morgan fingerprint density at radius 2 is 1.75 bits per heavy atom. The minimum atomic E-state index is -1.08. The van der Waals surface area contributed by atoms with E-state index in [0.717, 1.165) is 0 Å². The van der Waals surface area contributed by atoms with Crippen molar-refractivity contribution in [1.29, 1.82) is 0 Å². The third-order valence-electron chi connectivity index (χ3n) is 0.551. The fraction of sp³-hybridized carbons (Fsp3) is 0.750. The predicted molar refractivity (Wildman–Crippen MR) is 25.9 cm³/mol. The number of halogens is 1. The molecular formula is C4H9ClNO2-. The summed E-state index contributed by atoms with van der Waals surface area (Å²) in [7, 11) is 0. The van der Waals surface area contributed by atoms with E-state index in [1.807, 2.05) is 0 Å². The lowest BCUT2D eigenvalue weighted by molar-refractivity contribution is -0.141. The highest BCUT2D eigenvalue weighted by atomic mass is 35.5. The standard InChI is InChI=1S/C4H9NO2.ClH/c1-4(2,5)3(6)7;/h5H2,1-2H3,(H,6,7);1H/p-1. The number of hydrogen-bond donors (Lipinski definition) is 2. The van der Waals surface area contributed by atoms with E-state index in [0.29, 0.717) is 0 Å². The van der Waals surface area contributed by atoms with Crippen molar-refractivity contribution in [2.24, 2.45) is 5.73 Å². The fourth-order valence-electron chi connectivity index (χ4n) is 0. The number of aliphatic carboxylic acids is 1. The van der Waals surface area contributed by atoms with Crippen LogP contribution in [0.3, 0.4) is 0 Å². The van der Waals surface area contributed by atoms with Gasteiger partial charge in [0.25, 0.3) is 0 Å². The molecule has 4 heteroatoms. The van der Waals surface area contributed by atoms with Gasteiger partial charge >= 0.3 is 5.97 Å². The van der Waals surface area contributed by atoms with Crippen LogP contribution >= 0.6 is 0 Å². The smallest absolute Gasteiger partial charge is 0.323 e. The largest absolute Gasteiger partial charge is 1.00 e. The molecule has 0 amide bonds. The van der Waals surface area contributed by atoms with Crippen LogP contribution in [-0.4, -0.2) is 16.6 Å². The molecule has 3 nitrogen and oxygen atoms in total. The Hall–Kier alpha value is -0.280. The summed E-state index contributed by atoms with van der Waals surface area (Å²) in [5.41, 5.74) is 4.00. The average molecular weight is 139 g/mol. The highest BCUT2D eigenvalue weighted by molar-refractivity contribution is 5.77. The number of hydrogen-bond acceptors (Lipinski definition) is 2. The number of carboxylic acid groups (broad SMARTS) is 1. The summed E-state index contributed by atoms with van der Waals surface area (Å²) in [4.78, 5) is 9.90. The fourth-order valence-corrected chi connectivity index (χ4v) is 0. The second-order valence-electron chi connectivity index (χ2n) is 2.03. The Bertz CT molecular complexity index is 86.5. The summed E-state index contributed by atoms with van der Waals surface area (Å²) >= 11 is 0. The third kappa shape index (κ3) is 3.89. The van der Waals surface area contributed by atoms with Crippen molar-refractivity contribution in [2.45, 2.75) is 19.4 Å². The summed E-state index contributed by atoms with van der Waals surface area (Å²) in [5.74, 6) is -0.979. The molecule has 0 unspecified atom stereocenters. The van der Waals surface area contributed by atoms with E-state index in [2.05, 4.69) is 0 Å². The van der Waals surface area contributed by atoms with Crippen LogP contribution in [0.15, 0.2) is 0 Å². The van der Waals surface area contributed by atoms with Gasteiger partial charge in [-0.1, -0.05) is 0 Å². The van der Waals surface area contributed by atoms with E-state index in [9.17, 15) is 4.79 Å². The highest BCUT2D eigenvalue weighted by Gasteiger charge is 2.19. The van der Waals surface area contributed by atoms with Crippen LogP contribution in [0.4, 0.5) is 0 Å². The number of nitrogens with two attached hydrogens (primary N) is 1. The van der Waals surface area contributed by atoms with Gasteiger partial charge in [-0.2, -0.15) is 0 Å². The Kier molecular flexibility index (Phi) is 3.85. The maximum Gasteiger partial charge on any atom is 0.323 e. The van der Waals surface area contributed by atoms with E-state index in [1.165, 1.54) is 13.8 Å². The van der Waals surface area contributed by atoms with Crippen LogP contribution < -0.4 is 18.1 Å². The van der Waals surface area contributed by atoms with Crippen LogP contribution in [0.5, 0.6) is 0 Å². The maximum absolute atomic E-state index is 9.90. The zero-order valence-corrected chi connectivity index (χ0v) is 5.57. The van der Waals surface area contributed by atoms with Crippen molar-refractivity contribution in [3.8, 4) is 0 Å². The molecule has 0 spiro atoms. The van der Waals surface area contributed by atoms with Crippen LogP contribution in [0, 0.1) is 0 Å². The van der Waals surface area contributed by atoms with E-state index < -0.39 is 11.5 Å². The monoisotopic (exact) mass is 138 g/mol. The maximum atomic E-state index is 9.90. The molecule has 0 aliphatic heterocycles. The third-order valence-corrected chi connectivity index (χ3v) is 0.551. The molecule has 0 atom stereocenters. The van der Waals surface area contributed by atoms with Gasteiger partial charge in [0.1, 0.15) is 5.54 Å². The summed E-state index contributed by atoms with van der Waals surface area (Å²) in [5, 5.41) is 8.12. The van der Waals surface area contributed by atoms with Crippen LogP contribution in [0.1, 0.15) is 13.8 Å². The quantitative estimate of drug-likeness (QED) is 0.402. The lowest BCUT2D eigenvalue weighted by atomic mass is 10.1. The molecule has 0 radical (unpaired) electrons. The van der Waals surface area contributed by atoms with E-state index >= 15 is 0 Å². The van der Waals surface area contributed by atoms with Gasteiger partial charge in [0.05, 0.1) is 0 Å². The van der Waals surface area contributed by atoms with Crippen LogP contribution in [0.25, 0.3) is 0 Å². The second-order valence-corrected chi connectivity index (χ2v) is 2.03. The SMILES string of the molecule is CC(C)(N)C(=O)O.[Cl-]. The van der Waals surface area contributed by atoms with Crippen molar-refractivity contribution in [1.82, 2.24) is 0 Å². The van der Waals surface area contributed by atoms with Gasteiger partial charge in [0, 0.05) is 0 Å². The van der Waals surface area contributed by atoms with Gasteiger partial charge in [-0.05, 0) is 13.8 Å². The van der Waals surface area contributed by atoms with E-state index in [4.69, 9.17) is 10.8 Å². The molecule has 0 aromatic heterocycles. The van der Waals surface area contributed by atoms with Gasteiger partial charge in [-0.15, -0.1) is 0 Å². The normalized spacial score (nSPS) is 9.88. The summed E-state index contributed by atoms with van der Waals surface area (Å²) in [6.07, 6.45) is 0. The molecule has 0 aromatic carbocycles. The number of rotatable bonds is 1. The molecule has 0 bridgehead atoms. The van der Waals surface area contributed by atoms with Crippen molar-refractivity contribution in [3.05, 3.63) is 0 Å². The van der Waals surface area contributed by atoms with Crippen molar-refractivity contribution >= 4 is 5.97 Å². The molecule has 0 aromatic rings. The van der Waals surface area contributed by atoms with Crippen LogP contribution in [0.2, 0.25) is 0 Å². The topological polar surface area (TPSA) is 63.3 Å². The second kappa shape index (κ2) is 2.89. The van der Waals surface area contributed by atoms with Gasteiger partial charge in [0.15, 0.2) is 0 Å². The molecule has 50 valence electrons. The molecule has 0 saturated heterocycles. The van der Waals surface area contributed by atoms with Crippen molar-refractivity contribution < 1.29 is 22.3 Å². The molecule has 0 rings (SSSR count). The minimum Gasteiger partial charge on any atom is -1.00 e. The van der Waals surface area contributed by atoms with Gasteiger partial charge < -0.3 is 23.2 Å². The molecule has 3 N–H and O–H groups in total. The first-order valence-electron chi connectivity index (χ1n) is 1.97. The zero-order chi connectivity index (χ0) is 6.08. The average Bonchev–Trinajstić information content (AvgIpc) is 1.31. The number of carbonyl (C=O) groups is 1. The summed E-state index contributed by atoms with van der Waals surface area (Å²) in [6.45, 7) is 2.88. The van der Waals surface area contributed by atoms with E-state index in [-0.39, 0.29) is 12.4 Å². The van der Waals surface area contributed by atoms with Crippen molar-refractivity contribution in [2.75, 3.05) is 0 Å². The first-order valence-corrected chi connectivity index (χ1v) is 1.97. The Morgan fingerprint density at radius 3 is 1.75 bits per heavy atom. The Labute approximate surface area is 54.3 Å². The van der Waals surface area contributed by atoms with E-state index in [1.54, 1.807) is 0 Å². The van der Waals surface area contributed by atoms with Gasteiger partial charge in [0.2, 0.25) is 0 Å². The molecule has 0 aliphatic carbocycles. The lowest BCUT2D eigenvalue weighted by Gasteiger charge is -2.09. The van der Waals surface area contributed by atoms with Crippen LogP contribution in [-0.2, 0) is 4.79 Å². The molecule has 0 aliphatic rings. The molecular weight excluding hydrogens is 130 g/mol. The Morgan fingerprint density at radius 1 is 1.62 bits per heavy atom. The highest BCUT2D eigenvalue weighted by Crippen LogP contribution is 1.93. The van der Waals surface area contributed by atoms with Gasteiger partial charge in [-0.25, -0.2) is 0 Å². The predicted octanol–water partition coefficient (Wildman–Crippen LogP) is -3.19. The van der Waals surface area contributed by atoms with Gasteiger partial charge in [-0.3, -0.25) is 4.79 Å². The first-order chi connectivity index (χ1) is 2.94. The summed E-state index contributed by atoms with van der Waals surface area (Å²) < 4.78 is 0. The molecule has 0 saturated carbocycles. The summed E-state index contributed by atoms with van der Waals surface area (Å²) in [6, 6.07) is 0. The van der Waals surface area contributed by atoms with Crippen molar-refractivity contribution in [3.63, 3.8) is 0 Å². The molecule has 0 fully saturated rings. The number of carboxylic acids is 1. The minimum absolute atomic E-state index is 0. The lowest BCUT2D eigenvalue weighted by Crippen LogP contribution is -3.00. The molecule has 0 heterocycles. The molecule has 8 heavy (non-hydrogen) atoms. The first kappa shape index (κ1) is 10.7. The zero-order valence-electron chi connectivity index (χ0n) is 4.81. The Balaban J connectivity index is 0.